The third-order valence-corrected chi connectivity index (χ3v) is 7.75. The van der Waals surface area contributed by atoms with Gasteiger partial charge in [-0.2, -0.15) is 4.72 Å². The van der Waals surface area contributed by atoms with Gasteiger partial charge in [-0.3, -0.25) is 9.59 Å². The number of aromatic nitrogens is 1. The molecule has 1 saturated heterocycles. The molecule has 3 atom stereocenters. The van der Waals surface area contributed by atoms with Crippen LogP contribution in [0.4, 0.5) is 5.13 Å². The molecule has 14 nitrogen and oxygen atoms in total. The maximum atomic E-state index is 13.0. The van der Waals surface area contributed by atoms with Crippen molar-refractivity contribution in [2.24, 2.45) is 0 Å². The van der Waals surface area contributed by atoms with E-state index in [9.17, 15) is 35.8 Å². The zero-order valence-electron chi connectivity index (χ0n) is 18.5. The fourth-order valence-electron chi connectivity index (χ4n) is 3.06. The summed E-state index contributed by atoms with van der Waals surface area (Å²) in [6.07, 6.45) is 0. The number of benzene rings is 1. The maximum absolute atomic E-state index is 13.0. The van der Waals surface area contributed by atoms with E-state index in [0.717, 1.165) is 24.0 Å². The molecule has 0 radical (unpaired) electrons. The van der Waals surface area contributed by atoms with Crippen molar-refractivity contribution >= 4 is 54.6 Å². The number of rotatable bonds is 8. The number of thiazole rings is 1. The number of nitrogen functional groups attached to an aromatic ring is 1. The van der Waals surface area contributed by atoms with Crippen molar-refractivity contribution in [3.05, 3.63) is 40.9 Å². The standard InChI is InChI=1S/C17H19N5O9S3.Na/c1-8-3-5-9(6-4-8)33(26,27)21-11(10-7-32-17(18)19-10)14(23)20-12-13(16(25)31-2)22(15(12)24)34(28,29)30;/h3-7,11-13,21H,1-2H3,(H2,18,19)(H,20,23)(H,28,29,30);/q;+1/p-1/t11?,12-,13-;/m1./s1. The summed E-state index contributed by atoms with van der Waals surface area (Å²) in [7, 11) is -8.78. The topological polar surface area (TPSA) is 218 Å². The van der Waals surface area contributed by atoms with Crippen LogP contribution in [0.5, 0.6) is 0 Å². The monoisotopic (exact) mass is 555 g/mol. The molecule has 0 saturated carbocycles. The Morgan fingerprint density at radius 3 is 2.31 bits per heavy atom. The van der Waals surface area contributed by atoms with E-state index in [1.54, 1.807) is 6.92 Å². The molecule has 0 bridgehead atoms. The largest absolute Gasteiger partial charge is 1.00 e. The SMILES string of the molecule is COC(=O)[C@H]1[C@@H](NC(=O)C(NS(=O)(=O)c2ccc(C)cc2)c2csc(N)n2)C(=O)N1S(=O)(=O)[O-].[Na+]. The van der Waals surface area contributed by atoms with E-state index >= 15 is 0 Å². The summed E-state index contributed by atoms with van der Waals surface area (Å²) in [6, 6.07) is 0.213. The van der Waals surface area contributed by atoms with Gasteiger partial charge in [0, 0.05) is 5.38 Å². The first-order chi connectivity index (χ1) is 15.8. The van der Waals surface area contributed by atoms with Crippen molar-refractivity contribution in [2.45, 2.75) is 29.9 Å². The van der Waals surface area contributed by atoms with E-state index < -0.39 is 56.2 Å². The van der Waals surface area contributed by atoms with Crippen molar-refractivity contribution in [1.82, 2.24) is 19.3 Å². The van der Waals surface area contributed by atoms with Crippen LogP contribution in [-0.4, -0.2) is 67.7 Å². The van der Waals surface area contributed by atoms with E-state index in [4.69, 9.17) is 5.73 Å². The van der Waals surface area contributed by atoms with Gasteiger partial charge in [-0.25, -0.2) is 30.9 Å². The minimum absolute atomic E-state index is 0. The summed E-state index contributed by atoms with van der Waals surface area (Å²) in [5.41, 5.74) is 6.26. The first-order valence-electron chi connectivity index (χ1n) is 9.23. The van der Waals surface area contributed by atoms with Gasteiger partial charge >= 0.3 is 35.5 Å². The second-order valence-electron chi connectivity index (χ2n) is 7.02. The van der Waals surface area contributed by atoms with Gasteiger partial charge in [-0.15, -0.1) is 11.3 Å². The number of hydrogen-bond donors (Lipinski definition) is 3. The summed E-state index contributed by atoms with van der Waals surface area (Å²) in [5, 5.41) is 3.40. The van der Waals surface area contributed by atoms with Crippen LogP contribution >= 0.6 is 11.3 Å². The van der Waals surface area contributed by atoms with Crippen LogP contribution in [0, 0.1) is 6.92 Å². The zero-order chi connectivity index (χ0) is 25.4. The Labute approximate surface area is 226 Å². The van der Waals surface area contributed by atoms with Crippen LogP contribution in [0.1, 0.15) is 17.3 Å². The predicted octanol–water partition coefficient (Wildman–Crippen LogP) is -4.61. The molecule has 2 heterocycles. The van der Waals surface area contributed by atoms with E-state index in [2.05, 4.69) is 19.8 Å². The molecule has 0 spiro atoms. The molecule has 1 aliphatic heterocycles. The Balaban J connectivity index is 0.00000432. The number of esters is 1. The van der Waals surface area contributed by atoms with Gasteiger partial charge in [-0.1, -0.05) is 17.7 Å². The molecule has 3 rings (SSSR count). The minimum atomic E-state index is -5.38. The molecule has 2 amide bonds. The smallest absolute Gasteiger partial charge is 0.731 e. The van der Waals surface area contributed by atoms with Gasteiger partial charge < -0.3 is 20.3 Å². The van der Waals surface area contributed by atoms with Crippen molar-refractivity contribution in [1.29, 1.82) is 0 Å². The molecule has 1 fully saturated rings. The number of nitrogens with two attached hydrogens (primary N) is 1. The van der Waals surface area contributed by atoms with Crippen molar-refractivity contribution < 1.29 is 70.1 Å². The van der Waals surface area contributed by atoms with Gasteiger partial charge in [0.05, 0.1) is 17.7 Å². The molecule has 4 N–H and O–H groups in total. The summed E-state index contributed by atoms with van der Waals surface area (Å²) >= 11 is 0.908. The number of carbonyl (C=O) groups is 3. The molecule has 1 aliphatic rings. The molecule has 35 heavy (non-hydrogen) atoms. The number of nitrogens with zero attached hydrogens (tertiary/aromatic N) is 2. The molecule has 1 aromatic heterocycles. The molecule has 18 heteroatoms. The number of carbonyl (C=O) groups excluding carboxylic acids is 3. The Morgan fingerprint density at radius 1 is 1.23 bits per heavy atom. The molecule has 1 unspecified atom stereocenters. The fourth-order valence-corrected chi connectivity index (χ4v) is 5.64. The van der Waals surface area contributed by atoms with Gasteiger partial charge in [0.1, 0.15) is 12.1 Å². The van der Waals surface area contributed by atoms with Crippen LogP contribution in [0.3, 0.4) is 0 Å². The van der Waals surface area contributed by atoms with E-state index in [-0.39, 0.29) is 49.6 Å². The average Bonchev–Trinajstić information content (AvgIpc) is 3.18. The third kappa shape index (κ3) is 6.18. The Kier molecular flexibility index (Phi) is 9.04. The number of methoxy groups -OCH3 is 1. The first-order valence-corrected chi connectivity index (χ1v) is 13.0. The second-order valence-corrected chi connectivity index (χ2v) is 10.9. The number of sulfonamides is 1. The number of aryl methyl sites for hydroxylation is 1. The van der Waals surface area contributed by atoms with E-state index in [1.165, 1.54) is 29.6 Å². The number of amides is 2. The quantitative estimate of drug-likeness (QED) is 0.122. The van der Waals surface area contributed by atoms with Gasteiger partial charge in [0.2, 0.25) is 15.9 Å². The van der Waals surface area contributed by atoms with Gasteiger partial charge in [-0.05, 0) is 19.1 Å². The number of hydrogen-bond acceptors (Lipinski definition) is 12. The minimum Gasteiger partial charge on any atom is -0.731 e. The molecule has 2 aromatic rings. The normalized spacial score (nSPS) is 18.7. The van der Waals surface area contributed by atoms with Crippen LogP contribution < -0.4 is 45.3 Å². The summed E-state index contributed by atoms with van der Waals surface area (Å²) in [4.78, 5) is 40.9. The van der Waals surface area contributed by atoms with Crippen molar-refractivity contribution in [2.75, 3.05) is 12.8 Å². The Morgan fingerprint density at radius 2 is 1.83 bits per heavy atom. The second kappa shape index (κ2) is 10.9. The van der Waals surface area contributed by atoms with Crippen LogP contribution in [0.2, 0.25) is 0 Å². The molecule has 0 aliphatic carbocycles. The van der Waals surface area contributed by atoms with Crippen LogP contribution in [0.15, 0.2) is 34.5 Å². The first kappa shape index (κ1) is 29.1. The Bertz CT molecular complexity index is 1350. The maximum Gasteiger partial charge on any atom is 1.00 e. The molecule has 184 valence electrons. The summed E-state index contributed by atoms with van der Waals surface area (Å²) in [6.45, 7) is 1.75. The van der Waals surface area contributed by atoms with Crippen molar-refractivity contribution in [3.8, 4) is 0 Å². The predicted molar refractivity (Wildman–Crippen MR) is 115 cm³/mol. The van der Waals surface area contributed by atoms with Crippen LogP contribution in [0.25, 0.3) is 0 Å². The number of nitrogens with one attached hydrogen (secondary N) is 2. The van der Waals surface area contributed by atoms with Crippen molar-refractivity contribution in [3.63, 3.8) is 0 Å². The van der Waals surface area contributed by atoms with Gasteiger partial charge in [0.25, 0.3) is 5.91 Å². The summed E-state index contributed by atoms with van der Waals surface area (Å²) < 4.78 is 66.0. The van der Waals surface area contributed by atoms with E-state index in [1.807, 2.05) is 0 Å². The zero-order valence-corrected chi connectivity index (χ0v) is 22.9. The number of anilines is 1. The molecule has 1 aromatic carbocycles. The average molecular weight is 556 g/mol. The van der Waals surface area contributed by atoms with Crippen LogP contribution in [-0.2, 0) is 39.4 Å². The summed E-state index contributed by atoms with van der Waals surface area (Å²) in [5.74, 6) is -3.83. The fraction of sp³-hybridized carbons (Fsp3) is 0.294. The number of β-lactam (4-membered cyclic amide) rings is 1. The third-order valence-electron chi connectivity index (χ3n) is 4.73. The number of ether oxygens (including phenoxy) is 1. The molecular weight excluding hydrogens is 537 g/mol. The Hall–Kier alpha value is -2.12. The van der Waals surface area contributed by atoms with E-state index in [0.29, 0.717) is 0 Å². The van der Waals surface area contributed by atoms with Gasteiger partial charge in [0.15, 0.2) is 21.5 Å². The molecular formula is C17H18N5NaO9S3.